The van der Waals surface area contributed by atoms with Crippen LogP contribution in [0.3, 0.4) is 0 Å². The lowest BCUT2D eigenvalue weighted by Gasteiger charge is -2.38. The van der Waals surface area contributed by atoms with E-state index >= 15 is 0 Å². The van der Waals surface area contributed by atoms with Gasteiger partial charge < -0.3 is 9.80 Å². The first-order chi connectivity index (χ1) is 20.1. The molecule has 0 N–H and O–H groups in total. The maximum Gasteiger partial charge on any atom is 0.331 e. The smallest absolute Gasteiger partial charge is 0.331 e. The Labute approximate surface area is 253 Å². The minimum absolute atomic E-state index is 0.0446. The van der Waals surface area contributed by atoms with Crippen LogP contribution in [0.15, 0.2) is 57.1 Å². The third-order valence-corrected chi connectivity index (χ3v) is 9.31. The van der Waals surface area contributed by atoms with Crippen LogP contribution < -0.4 is 11.2 Å². The van der Waals surface area contributed by atoms with Crippen LogP contribution in [0.1, 0.15) is 43.9 Å². The molecule has 8 nitrogen and oxygen atoms in total. The highest BCUT2D eigenvalue weighted by molar-refractivity contribution is 7.98. The fraction of sp³-hybridized carbons (Fsp3) is 0.419. The van der Waals surface area contributed by atoms with Crippen molar-refractivity contribution in [2.24, 2.45) is 0 Å². The topological polar surface area (TPSA) is 84.6 Å². The summed E-state index contributed by atoms with van der Waals surface area (Å²) in [6.07, 6.45) is 5.82. The first-order valence-corrected chi connectivity index (χ1v) is 15.7. The lowest BCUT2D eigenvalue weighted by atomic mass is 10.0. The van der Waals surface area contributed by atoms with Crippen LogP contribution in [0.5, 0.6) is 0 Å². The van der Waals surface area contributed by atoms with Gasteiger partial charge in [-0.25, -0.2) is 9.18 Å². The van der Waals surface area contributed by atoms with Gasteiger partial charge in [-0.3, -0.25) is 23.5 Å². The monoisotopic (exact) mass is 612 g/mol. The van der Waals surface area contributed by atoms with Crippen molar-refractivity contribution >= 4 is 35.2 Å². The second kappa shape index (κ2) is 12.5. The van der Waals surface area contributed by atoms with Crippen LogP contribution in [0.25, 0.3) is 11.1 Å². The van der Waals surface area contributed by atoms with Crippen LogP contribution in [-0.4, -0.2) is 62.7 Å². The molecular weight excluding hydrogens is 579 g/mol. The van der Waals surface area contributed by atoms with Crippen molar-refractivity contribution in [3.8, 4) is 11.1 Å². The first-order valence-electron chi connectivity index (χ1n) is 14.1. The molecule has 2 aromatic carbocycles. The van der Waals surface area contributed by atoms with E-state index in [-0.39, 0.29) is 40.6 Å². The molecule has 42 heavy (non-hydrogen) atoms. The first kappa shape index (κ1) is 30.1. The molecule has 1 saturated heterocycles. The average Bonchev–Trinajstić information content (AvgIpc) is 3.13. The van der Waals surface area contributed by atoms with Gasteiger partial charge in [0, 0.05) is 48.4 Å². The lowest BCUT2D eigenvalue weighted by molar-refractivity contribution is -0.136. The molecule has 222 valence electrons. The number of piperidine rings is 1. The van der Waals surface area contributed by atoms with Crippen molar-refractivity contribution in [3.05, 3.63) is 85.4 Å². The Bertz CT molecular complexity index is 1640. The summed E-state index contributed by atoms with van der Waals surface area (Å²) in [4.78, 5) is 57.9. The molecule has 0 spiro atoms. The van der Waals surface area contributed by atoms with Gasteiger partial charge in [0.2, 0.25) is 11.8 Å². The molecule has 0 bridgehead atoms. The van der Waals surface area contributed by atoms with Gasteiger partial charge in [0.1, 0.15) is 12.4 Å². The normalized spacial score (nSPS) is 16.1. The average molecular weight is 613 g/mol. The molecule has 0 atom stereocenters. The zero-order chi connectivity index (χ0) is 30.1. The van der Waals surface area contributed by atoms with Gasteiger partial charge in [-0.05, 0) is 68.7 Å². The third kappa shape index (κ3) is 5.92. The fourth-order valence-corrected chi connectivity index (χ4v) is 6.60. The quantitative estimate of drug-likeness (QED) is 0.386. The SMILES string of the molecule is CSc1ccc2c(c1)CCN(C1CCN(C(=O)Cn3cc(-c4cccc(F)c4Cl)c(=O)n(C(C)C)c3=O)CC1)C(=O)C2. The zero-order valence-corrected chi connectivity index (χ0v) is 25.5. The molecule has 1 fully saturated rings. The number of hydrogen-bond donors (Lipinski definition) is 0. The van der Waals surface area contributed by atoms with E-state index in [0.29, 0.717) is 38.9 Å². The van der Waals surface area contributed by atoms with Gasteiger partial charge in [0.15, 0.2) is 0 Å². The number of aromatic nitrogens is 2. The Kier molecular flexibility index (Phi) is 8.94. The number of rotatable bonds is 6. The molecule has 0 unspecified atom stereocenters. The molecule has 2 aliphatic heterocycles. The van der Waals surface area contributed by atoms with E-state index < -0.39 is 23.1 Å². The Morgan fingerprint density at radius 2 is 1.79 bits per heavy atom. The van der Waals surface area contributed by atoms with Crippen molar-refractivity contribution in [2.45, 2.75) is 63.1 Å². The number of benzene rings is 2. The number of nitrogens with zero attached hydrogens (tertiary/aromatic N) is 4. The summed E-state index contributed by atoms with van der Waals surface area (Å²) in [7, 11) is 0. The van der Waals surface area contributed by atoms with Crippen LogP contribution in [0, 0.1) is 5.82 Å². The van der Waals surface area contributed by atoms with E-state index in [1.807, 2.05) is 11.2 Å². The predicted octanol–water partition coefficient (Wildman–Crippen LogP) is 4.39. The molecule has 3 heterocycles. The number of fused-ring (bicyclic) bond motifs is 1. The Morgan fingerprint density at radius 3 is 2.48 bits per heavy atom. The molecule has 1 aromatic heterocycles. The molecule has 5 rings (SSSR count). The lowest BCUT2D eigenvalue weighted by Crippen LogP contribution is -2.50. The molecule has 0 saturated carbocycles. The van der Waals surface area contributed by atoms with Crippen molar-refractivity contribution in [1.82, 2.24) is 18.9 Å². The molecule has 0 radical (unpaired) electrons. The van der Waals surface area contributed by atoms with Crippen molar-refractivity contribution in [3.63, 3.8) is 0 Å². The standard InChI is InChI=1S/C31H34ClFN4O4S/c1-19(2)37-30(40)25(24-5-4-6-26(33)29(24)32)17-35(31(37)41)18-28(39)34-12-10-22(11-13-34)36-14-9-21-15-23(42-3)8-7-20(21)16-27(36)38/h4-8,15,17,19,22H,9-14,16,18H2,1-3H3. The molecule has 3 aromatic rings. The maximum atomic E-state index is 14.2. The molecule has 11 heteroatoms. The Morgan fingerprint density at radius 1 is 1.05 bits per heavy atom. The van der Waals surface area contributed by atoms with Gasteiger partial charge in [-0.1, -0.05) is 29.8 Å². The van der Waals surface area contributed by atoms with Crippen molar-refractivity contribution < 1.29 is 14.0 Å². The van der Waals surface area contributed by atoms with E-state index in [2.05, 4.69) is 18.2 Å². The van der Waals surface area contributed by atoms with E-state index in [1.165, 1.54) is 39.4 Å². The second-order valence-corrected chi connectivity index (χ2v) is 12.3. The minimum Gasteiger partial charge on any atom is -0.341 e. The van der Waals surface area contributed by atoms with E-state index in [9.17, 15) is 23.6 Å². The molecule has 2 amide bonds. The summed E-state index contributed by atoms with van der Waals surface area (Å²) < 4.78 is 16.5. The number of carbonyl (C=O) groups excluding carboxylic acids is 2. The maximum absolute atomic E-state index is 14.2. The number of halogens is 2. The molecule has 0 aliphatic carbocycles. The van der Waals surface area contributed by atoms with Gasteiger partial charge in [0.25, 0.3) is 5.56 Å². The van der Waals surface area contributed by atoms with Crippen LogP contribution in [-0.2, 0) is 29.0 Å². The number of hydrogen-bond acceptors (Lipinski definition) is 5. The van der Waals surface area contributed by atoms with E-state index in [1.54, 1.807) is 30.5 Å². The minimum atomic E-state index is -0.683. The summed E-state index contributed by atoms with van der Waals surface area (Å²) >= 11 is 7.87. The van der Waals surface area contributed by atoms with Gasteiger partial charge >= 0.3 is 5.69 Å². The summed E-state index contributed by atoms with van der Waals surface area (Å²) in [5.41, 5.74) is 1.30. The van der Waals surface area contributed by atoms with Gasteiger partial charge in [-0.2, -0.15) is 0 Å². The largest absolute Gasteiger partial charge is 0.341 e. The van der Waals surface area contributed by atoms with E-state index in [4.69, 9.17) is 11.6 Å². The number of likely N-dealkylation sites (tertiary alicyclic amines) is 1. The highest BCUT2D eigenvalue weighted by atomic mass is 35.5. The third-order valence-electron chi connectivity index (χ3n) is 8.21. The number of carbonyl (C=O) groups is 2. The summed E-state index contributed by atoms with van der Waals surface area (Å²) in [5, 5.41) is -0.223. The molecular formula is C31H34ClFN4O4S. The van der Waals surface area contributed by atoms with Crippen molar-refractivity contribution in [1.29, 1.82) is 0 Å². The summed E-state index contributed by atoms with van der Waals surface area (Å²) in [5.74, 6) is -0.834. The second-order valence-electron chi connectivity index (χ2n) is 11.1. The Balaban J connectivity index is 1.30. The Hall–Kier alpha value is -3.37. The number of amides is 2. The highest BCUT2D eigenvalue weighted by Gasteiger charge is 2.31. The zero-order valence-electron chi connectivity index (χ0n) is 23.9. The highest BCUT2D eigenvalue weighted by Crippen LogP contribution is 2.28. The van der Waals surface area contributed by atoms with Gasteiger partial charge in [0.05, 0.1) is 17.0 Å². The van der Waals surface area contributed by atoms with Crippen molar-refractivity contribution in [2.75, 3.05) is 25.9 Å². The predicted molar refractivity (Wildman–Crippen MR) is 163 cm³/mol. The summed E-state index contributed by atoms with van der Waals surface area (Å²) in [6.45, 7) is 4.68. The van der Waals surface area contributed by atoms with Crippen LogP contribution in [0.2, 0.25) is 5.02 Å². The number of thioether (sulfide) groups is 1. The van der Waals surface area contributed by atoms with Crippen LogP contribution in [0.4, 0.5) is 4.39 Å². The van der Waals surface area contributed by atoms with E-state index in [0.717, 1.165) is 16.6 Å². The van der Waals surface area contributed by atoms with Crippen LogP contribution >= 0.6 is 23.4 Å². The summed E-state index contributed by atoms with van der Waals surface area (Å²) in [6, 6.07) is 9.99. The molecule has 2 aliphatic rings. The van der Waals surface area contributed by atoms with Gasteiger partial charge in [-0.15, -0.1) is 11.8 Å². The fourth-order valence-electron chi connectivity index (χ4n) is 5.91.